The molecule has 3 heteroatoms. The number of benzene rings is 3. The molecule has 0 bridgehead atoms. The van der Waals surface area contributed by atoms with Gasteiger partial charge in [-0.1, -0.05) is 64.5 Å². The molecule has 0 aliphatic rings. The number of hydrogen-bond donors (Lipinski definition) is 1. The van der Waals surface area contributed by atoms with Gasteiger partial charge in [-0.3, -0.25) is 10.1 Å². The van der Waals surface area contributed by atoms with Gasteiger partial charge in [-0.15, -0.1) is 0 Å². The lowest BCUT2D eigenvalue weighted by atomic mass is 10.0. The number of carbonyl (C=O) groups excluding carboxylic acids is 1. The molecular formula is C23H18BrNO. The fourth-order valence-corrected chi connectivity index (χ4v) is 2.87. The van der Waals surface area contributed by atoms with Gasteiger partial charge in [-0.2, -0.15) is 0 Å². The molecule has 0 aliphatic heterocycles. The zero-order valence-electron chi connectivity index (χ0n) is 14.2. The molecule has 0 heterocycles. The summed E-state index contributed by atoms with van der Waals surface area (Å²) in [6.07, 6.45) is 1.85. The number of nitrogens with one attached hydrogen (secondary N) is 1. The van der Waals surface area contributed by atoms with Crippen LogP contribution in [0.1, 0.15) is 27.0 Å². The van der Waals surface area contributed by atoms with E-state index in [0.29, 0.717) is 5.56 Å². The van der Waals surface area contributed by atoms with Gasteiger partial charge in [-0.05, 0) is 60.2 Å². The minimum atomic E-state index is -0.189. The van der Waals surface area contributed by atoms with Crippen molar-refractivity contribution in [2.24, 2.45) is 0 Å². The van der Waals surface area contributed by atoms with Crippen LogP contribution in [0.15, 0.2) is 83.3 Å². The summed E-state index contributed by atoms with van der Waals surface area (Å²) in [5, 5.41) is 2.65. The van der Waals surface area contributed by atoms with E-state index < -0.39 is 0 Å². The number of amides is 1. The van der Waals surface area contributed by atoms with Crippen LogP contribution < -0.4 is 5.32 Å². The van der Waals surface area contributed by atoms with E-state index in [1.54, 1.807) is 12.1 Å². The first kappa shape index (κ1) is 18.0. The fraction of sp³-hybridized carbons (Fsp3) is 0.0870. The van der Waals surface area contributed by atoms with Crippen molar-refractivity contribution in [3.05, 3.63) is 106 Å². The van der Waals surface area contributed by atoms with Gasteiger partial charge in [0, 0.05) is 21.6 Å². The number of halogens is 1. The smallest absolute Gasteiger partial charge is 0.262 e. The highest BCUT2D eigenvalue weighted by Crippen LogP contribution is 2.14. The zero-order valence-corrected chi connectivity index (χ0v) is 15.8. The SMILES string of the molecule is O=C(NC#Cc1ccccc1CCc1ccc(Br)cc1)c1ccccc1. The molecule has 3 rings (SSSR count). The summed E-state index contributed by atoms with van der Waals surface area (Å²) >= 11 is 3.46. The Bertz CT molecular complexity index is 937. The summed E-state index contributed by atoms with van der Waals surface area (Å²) < 4.78 is 1.08. The Balaban J connectivity index is 1.66. The van der Waals surface area contributed by atoms with E-state index in [1.807, 2.05) is 36.4 Å². The van der Waals surface area contributed by atoms with Gasteiger partial charge in [0.1, 0.15) is 0 Å². The second kappa shape index (κ2) is 9.03. The average Bonchev–Trinajstić information content (AvgIpc) is 2.69. The van der Waals surface area contributed by atoms with Crippen LogP contribution in [0.4, 0.5) is 0 Å². The Morgan fingerprint density at radius 1 is 0.846 bits per heavy atom. The summed E-state index contributed by atoms with van der Waals surface area (Å²) in [5.41, 5.74) is 4.01. The van der Waals surface area contributed by atoms with Crippen LogP contribution in [0.3, 0.4) is 0 Å². The molecule has 3 aromatic rings. The maximum atomic E-state index is 12.0. The largest absolute Gasteiger partial charge is 0.281 e. The quantitative estimate of drug-likeness (QED) is 0.483. The van der Waals surface area contributed by atoms with Gasteiger partial charge in [0.05, 0.1) is 0 Å². The van der Waals surface area contributed by atoms with Gasteiger partial charge in [0.25, 0.3) is 5.91 Å². The van der Waals surface area contributed by atoms with Crippen molar-refractivity contribution in [1.82, 2.24) is 5.32 Å². The Hall–Kier alpha value is -2.83. The fourth-order valence-electron chi connectivity index (χ4n) is 2.61. The highest BCUT2D eigenvalue weighted by atomic mass is 79.9. The molecule has 128 valence electrons. The minimum absolute atomic E-state index is 0.189. The van der Waals surface area contributed by atoms with Crippen molar-refractivity contribution >= 4 is 21.8 Å². The molecule has 0 spiro atoms. The Morgan fingerprint density at radius 3 is 2.31 bits per heavy atom. The molecule has 0 saturated carbocycles. The van der Waals surface area contributed by atoms with E-state index in [4.69, 9.17) is 0 Å². The first-order valence-electron chi connectivity index (χ1n) is 8.41. The molecule has 0 atom stereocenters. The summed E-state index contributed by atoms with van der Waals surface area (Å²) in [6, 6.07) is 28.3. The van der Waals surface area contributed by atoms with Gasteiger partial charge in [0.15, 0.2) is 0 Å². The van der Waals surface area contributed by atoms with Crippen LogP contribution in [0.2, 0.25) is 0 Å². The monoisotopic (exact) mass is 403 g/mol. The lowest BCUT2D eigenvalue weighted by molar-refractivity contribution is 0.0973. The van der Waals surface area contributed by atoms with Crippen molar-refractivity contribution in [3.63, 3.8) is 0 Å². The molecule has 0 unspecified atom stereocenters. The highest BCUT2D eigenvalue weighted by molar-refractivity contribution is 9.10. The predicted molar refractivity (Wildman–Crippen MR) is 109 cm³/mol. The van der Waals surface area contributed by atoms with Gasteiger partial charge in [-0.25, -0.2) is 0 Å². The van der Waals surface area contributed by atoms with Gasteiger partial charge >= 0.3 is 0 Å². The topological polar surface area (TPSA) is 29.1 Å². The van der Waals surface area contributed by atoms with Crippen LogP contribution in [-0.4, -0.2) is 5.91 Å². The maximum Gasteiger partial charge on any atom is 0.262 e. The first-order chi connectivity index (χ1) is 12.7. The third kappa shape index (κ3) is 5.08. The van der Waals surface area contributed by atoms with E-state index in [0.717, 1.165) is 22.9 Å². The highest BCUT2D eigenvalue weighted by Gasteiger charge is 2.03. The summed E-state index contributed by atoms with van der Waals surface area (Å²) in [4.78, 5) is 12.0. The van der Waals surface area contributed by atoms with Crippen LogP contribution >= 0.6 is 15.9 Å². The molecule has 1 N–H and O–H groups in total. The van der Waals surface area contributed by atoms with Crippen LogP contribution in [-0.2, 0) is 12.8 Å². The van der Waals surface area contributed by atoms with Crippen molar-refractivity contribution in [2.75, 3.05) is 0 Å². The molecule has 3 aromatic carbocycles. The van der Waals surface area contributed by atoms with Crippen molar-refractivity contribution in [1.29, 1.82) is 0 Å². The molecular weight excluding hydrogens is 386 g/mol. The van der Waals surface area contributed by atoms with Crippen molar-refractivity contribution in [2.45, 2.75) is 12.8 Å². The molecule has 2 nitrogen and oxygen atoms in total. The molecule has 26 heavy (non-hydrogen) atoms. The number of carbonyl (C=O) groups is 1. The van der Waals surface area contributed by atoms with E-state index in [-0.39, 0.29) is 5.91 Å². The molecule has 1 amide bonds. The van der Waals surface area contributed by atoms with E-state index in [2.05, 4.69) is 63.5 Å². The van der Waals surface area contributed by atoms with E-state index in [1.165, 1.54) is 11.1 Å². The van der Waals surface area contributed by atoms with Crippen molar-refractivity contribution < 1.29 is 4.79 Å². The molecule has 0 aliphatic carbocycles. The van der Waals surface area contributed by atoms with Gasteiger partial charge < -0.3 is 0 Å². The number of aryl methyl sites for hydroxylation is 2. The predicted octanol–water partition coefficient (Wildman–Crippen LogP) is 4.97. The van der Waals surface area contributed by atoms with Crippen LogP contribution in [0.5, 0.6) is 0 Å². The first-order valence-corrected chi connectivity index (χ1v) is 9.20. The summed E-state index contributed by atoms with van der Waals surface area (Å²) in [6.45, 7) is 0. The average molecular weight is 404 g/mol. The molecule has 0 fully saturated rings. The number of rotatable bonds is 4. The third-order valence-corrected chi connectivity index (χ3v) is 4.55. The third-order valence-electron chi connectivity index (χ3n) is 4.02. The lowest BCUT2D eigenvalue weighted by Gasteiger charge is -2.05. The van der Waals surface area contributed by atoms with E-state index >= 15 is 0 Å². The second-order valence-corrected chi connectivity index (χ2v) is 6.77. The zero-order chi connectivity index (χ0) is 18.2. The molecule has 0 radical (unpaired) electrons. The van der Waals surface area contributed by atoms with E-state index in [9.17, 15) is 4.79 Å². The van der Waals surface area contributed by atoms with Gasteiger partial charge in [0.2, 0.25) is 0 Å². The number of hydrogen-bond acceptors (Lipinski definition) is 1. The molecule has 0 aromatic heterocycles. The standard InChI is InChI=1S/C23H18BrNO/c24-22-14-11-18(12-15-22)10-13-19-6-4-5-7-20(19)16-17-25-23(26)21-8-2-1-3-9-21/h1-9,11-12,14-15H,10,13H2,(H,25,26). The summed E-state index contributed by atoms with van der Waals surface area (Å²) in [7, 11) is 0. The van der Waals surface area contributed by atoms with Crippen molar-refractivity contribution in [3.8, 4) is 12.0 Å². The van der Waals surface area contributed by atoms with Crippen LogP contribution in [0, 0.1) is 12.0 Å². The Kier molecular flexibility index (Phi) is 6.24. The molecule has 0 saturated heterocycles. The second-order valence-electron chi connectivity index (χ2n) is 5.85. The normalized spacial score (nSPS) is 9.88. The Labute approximate surface area is 162 Å². The maximum absolute atomic E-state index is 12.0. The Morgan fingerprint density at radius 2 is 1.54 bits per heavy atom. The minimum Gasteiger partial charge on any atom is -0.281 e. The lowest BCUT2D eigenvalue weighted by Crippen LogP contribution is -2.17. The van der Waals surface area contributed by atoms with Crippen LogP contribution in [0.25, 0.3) is 0 Å². The summed E-state index contributed by atoms with van der Waals surface area (Å²) in [5.74, 6) is 2.88.